The Labute approximate surface area is 152 Å². The number of aliphatic hydroxyl groups excluding tert-OH is 1. The maximum absolute atomic E-state index is 10.7. The first-order valence-corrected chi connectivity index (χ1v) is 9.98. The van der Waals surface area contributed by atoms with Crippen LogP contribution in [0.1, 0.15) is 43.8 Å². The molecule has 3 aromatic rings. The molecule has 1 fully saturated rings. The van der Waals surface area contributed by atoms with E-state index in [0.29, 0.717) is 12.6 Å². The van der Waals surface area contributed by atoms with Crippen molar-refractivity contribution in [3.8, 4) is 0 Å². The Balaban J connectivity index is 1.73. The number of aliphatic hydroxyl groups is 1. The Hall–Kier alpha value is -1.91. The molecule has 1 saturated carbocycles. The van der Waals surface area contributed by atoms with Crippen molar-refractivity contribution in [2.45, 2.75) is 50.8 Å². The molecular formula is C21H24N2OS. The second-order valence-electron chi connectivity index (χ2n) is 6.81. The molecule has 0 amide bonds. The van der Waals surface area contributed by atoms with Gasteiger partial charge in [-0.1, -0.05) is 73.1 Å². The molecule has 1 aromatic heterocycles. The molecule has 0 unspecified atom stereocenters. The van der Waals surface area contributed by atoms with Crippen molar-refractivity contribution in [1.29, 1.82) is 0 Å². The SMILES string of the molecule is O[C@@H](Cn1c(=NC2CCCCC2)sc2ccccc21)c1ccccc1. The lowest BCUT2D eigenvalue weighted by atomic mass is 9.96. The zero-order valence-electron chi connectivity index (χ0n) is 14.3. The Morgan fingerprint density at radius 2 is 1.72 bits per heavy atom. The van der Waals surface area contributed by atoms with Gasteiger partial charge >= 0.3 is 0 Å². The molecule has 1 atom stereocenters. The van der Waals surface area contributed by atoms with Crippen LogP contribution in [0, 0.1) is 0 Å². The number of para-hydroxylation sites is 1. The average Bonchev–Trinajstić information content (AvgIpc) is 3.00. The van der Waals surface area contributed by atoms with Crippen LogP contribution < -0.4 is 4.80 Å². The van der Waals surface area contributed by atoms with E-state index in [1.54, 1.807) is 11.3 Å². The third kappa shape index (κ3) is 3.70. The first kappa shape index (κ1) is 16.6. The molecule has 3 nitrogen and oxygen atoms in total. The van der Waals surface area contributed by atoms with Crippen LogP contribution in [0.3, 0.4) is 0 Å². The predicted octanol–water partition coefficient (Wildman–Crippen LogP) is 4.67. The van der Waals surface area contributed by atoms with Gasteiger partial charge < -0.3 is 9.67 Å². The van der Waals surface area contributed by atoms with Crippen molar-refractivity contribution < 1.29 is 5.11 Å². The summed E-state index contributed by atoms with van der Waals surface area (Å²) in [5, 5.41) is 10.7. The quantitative estimate of drug-likeness (QED) is 0.728. The molecule has 1 N–H and O–H groups in total. The van der Waals surface area contributed by atoms with Crippen LogP contribution in [0.2, 0.25) is 0 Å². The first-order chi connectivity index (χ1) is 12.3. The maximum atomic E-state index is 10.7. The highest BCUT2D eigenvalue weighted by atomic mass is 32.1. The zero-order chi connectivity index (χ0) is 17.1. The third-order valence-electron chi connectivity index (χ3n) is 5.00. The summed E-state index contributed by atoms with van der Waals surface area (Å²) in [6.07, 6.45) is 5.76. The molecule has 2 aromatic carbocycles. The number of thiazole rings is 1. The average molecular weight is 353 g/mol. The Morgan fingerprint density at radius 3 is 2.52 bits per heavy atom. The molecule has 1 heterocycles. The first-order valence-electron chi connectivity index (χ1n) is 9.16. The van der Waals surface area contributed by atoms with Crippen molar-refractivity contribution in [3.05, 3.63) is 65.0 Å². The summed E-state index contributed by atoms with van der Waals surface area (Å²) in [5.74, 6) is 0. The van der Waals surface area contributed by atoms with E-state index in [1.165, 1.54) is 36.8 Å². The van der Waals surface area contributed by atoms with Gasteiger partial charge in [-0.3, -0.25) is 4.99 Å². The molecule has 25 heavy (non-hydrogen) atoms. The molecule has 0 spiro atoms. The standard InChI is InChI=1S/C21H24N2OS/c24-19(16-9-3-1-4-10-16)15-23-18-13-7-8-14-20(18)25-21(23)22-17-11-5-2-6-12-17/h1,3-4,7-10,13-14,17,19,24H,2,5-6,11-12,15H2/t19-/m0/s1. The summed E-state index contributed by atoms with van der Waals surface area (Å²) in [6, 6.07) is 18.7. The van der Waals surface area contributed by atoms with Gasteiger partial charge in [0.1, 0.15) is 0 Å². The summed E-state index contributed by atoms with van der Waals surface area (Å²) in [6.45, 7) is 0.541. The summed E-state index contributed by atoms with van der Waals surface area (Å²) in [7, 11) is 0. The molecule has 0 radical (unpaired) electrons. The monoisotopic (exact) mass is 352 g/mol. The van der Waals surface area contributed by atoms with E-state index < -0.39 is 6.10 Å². The van der Waals surface area contributed by atoms with E-state index in [1.807, 2.05) is 30.3 Å². The van der Waals surface area contributed by atoms with Gasteiger partial charge in [-0.2, -0.15) is 0 Å². The Morgan fingerprint density at radius 1 is 1.00 bits per heavy atom. The van der Waals surface area contributed by atoms with Gasteiger partial charge in [0, 0.05) is 0 Å². The molecule has 1 aliphatic carbocycles. The lowest BCUT2D eigenvalue weighted by Gasteiger charge is -2.18. The minimum Gasteiger partial charge on any atom is -0.387 e. The highest BCUT2D eigenvalue weighted by Gasteiger charge is 2.15. The normalized spacial score (nSPS) is 17.9. The Bertz CT molecular complexity index is 891. The summed E-state index contributed by atoms with van der Waals surface area (Å²) >= 11 is 1.74. The maximum Gasteiger partial charge on any atom is 0.186 e. The van der Waals surface area contributed by atoms with Crippen molar-refractivity contribution in [3.63, 3.8) is 0 Å². The van der Waals surface area contributed by atoms with Crippen LogP contribution >= 0.6 is 11.3 Å². The minimum absolute atomic E-state index is 0.432. The van der Waals surface area contributed by atoms with Gasteiger partial charge in [-0.25, -0.2) is 0 Å². The number of fused-ring (bicyclic) bond motifs is 1. The molecule has 0 saturated heterocycles. The lowest BCUT2D eigenvalue weighted by Crippen LogP contribution is -2.22. The highest BCUT2D eigenvalue weighted by Crippen LogP contribution is 2.23. The van der Waals surface area contributed by atoms with E-state index in [4.69, 9.17) is 4.99 Å². The third-order valence-corrected chi connectivity index (χ3v) is 6.07. The number of aromatic nitrogens is 1. The molecule has 4 rings (SSSR count). The fourth-order valence-corrected chi connectivity index (χ4v) is 4.73. The van der Waals surface area contributed by atoms with Crippen molar-refractivity contribution in [2.75, 3.05) is 0 Å². The summed E-state index contributed by atoms with van der Waals surface area (Å²) < 4.78 is 3.43. The summed E-state index contributed by atoms with van der Waals surface area (Å²) in [5.41, 5.74) is 2.12. The van der Waals surface area contributed by atoms with Gasteiger partial charge in [0.15, 0.2) is 4.80 Å². The molecule has 0 bridgehead atoms. The van der Waals surface area contributed by atoms with E-state index >= 15 is 0 Å². The van der Waals surface area contributed by atoms with Crippen molar-refractivity contribution >= 4 is 21.6 Å². The second kappa shape index (κ2) is 7.54. The van der Waals surface area contributed by atoms with Crippen LogP contribution in [-0.4, -0.2) is 15.7 Å². The van der Waals surface area contributed by atoms with E-state index in [0.717, 1.165) is 15.9 Å². The van der Waals surface area contributed by atoms with Crippen LogP contribution in [0.15, 0.2) is 59.6 Å². The van der Waals surface area contributed by atoms with Gasteiger partial charge in [0.2, 0.25) is 0 Å². The molecule has 4 heteroatoms. The molecular weight excluding hydrogens is 328 g/mol. The summed E-state index contributed by atoms with van der Waals surface area (Å²) in [4.78, 5) is 6.12. The largest absolute Gasteiger partial charge is 0.387 e. The number of rotatable bonds is 4. The van der Waals surface area contributed by atoms with Crippen molar-refractivity contribution in [1.82, 2.24) is 4.57 Å². The van der Waals surface area contributed by atoms with E-state index in [2.05, 4.69) is 28.8 Å². The van der Waals surface area contributed by atoms with E-state index in [-0.39, 0.29) is 0 Å². The fourth-order valence-electron chi connectivity index (χ4n) is 3.62. The predicted molar refractivity (Wildman–Crippen MR) is 104 cm³/mol. The smallest absolute Gasteiger partial charge is 0.186 e. The molecule has 0 aliphatic heterocycles. The lowest BCUT2D eigenvalue weighted by molar-refractivity contribution is 0.157. The van der Waals surface area contributed by atoms with Crippen molar-refractivity contribution in [2.24, 2.45) is 4.99 Å². The van der Waals surface area contributed by atoms with Crippen LogP contribution in [0.25, 0.3) is 10.2 Å². The number of hydrogen-bond acceptors (Lipinski definition) is 3. The second-order valence-corrected chi connectivity index (χ2v) is 7.82. The van der Waals surface area contributed by atoms with Gasteiger partial charge in [-0.15, -0.1) is 0 Å². The van der Waals surface area contributed by atoms with Crippen LogP contribution in [0.4, 0.5) is 0 Å². The fraction of sp³-hybridized carbons (Fsp3) is 0.381. The Kier molecular flexibility index (Phi) is 4.99. The van der Waals surface area contributed by atoms with Crippen LogP contribution in [-0.2, 0) is 6.54 Å². The van der Waals surface area contributed by atoms with Gasteiger partial charge in [0.25, 0.3) is 0 Å². The minimum atomic E-state index is -0.524. The molecule has 1 aliphatic rings. The van der Waals surface area contributed by atoms with Gasteiger partial charge in [-0.05, 0) is 30.5 Å². The number of benzene rings is 2. The van der Waals surface area contributed by atoms with Gasteiger partial charge in [0.05, 0.1) is 28.9 Å². The molecule has 130 valence electrons. The van der Waals surface area contributed by atoms with E-state index in [9.17, 15) is 5.11 Å². The topological polar surface area (TPSA) is 37.5 Å². The zero-order valence-corrected chi connectivity index (χ0v) is 15.2. The number of nitrogens with zero attached hydrogens (tertiary/aromatic N) is 2. The highest BCUT2D eigenvalue weighted by molar-refractivity contribution is 7.16. The number of hydrogen-bond donors (Lipinski definition) is 1. The van der Waals surface area contributed by atoms with Crippen LogP contribution in [0.5, 0.6) is 0 Å².